The lowest BCUT2D eigenvalue weighted by Gasteiger charge is -2.31. The van der Waals surface area contributed by atoms with Crippen molar-refractivity contribution in [2.24, 2.45) is 11.7 Å². The molecule has 1 aromatic rings. The van der Waals surface area contributed by atoms with E-state index in [0.717, 1.165) is 6.42 Å². The first kappa shape index (κ1) is 15.0. The van der Waals surface area contributed by atoms with Gasteiger partial charge >= 0.3 is 5.97 Å². The number of rotatable bonds is 4. The monoisotopic (exact) mass is 290 g/mol. The van der Waals surface area contributed by atoms with Crippen LogP contribution in [0.4, 0.5) is 0 Å². The highest BCUT2D eigenvalue weighted by atomic mass is 16.4. The Morgan fingerprint density at radius 1 is 1.33 bits per heavy atom. The lowest BCUT2D eigenvalue weighted by Crippen LogP contribution is -2.44. The summed E-state index contributed by atoms with van der Waals surface area (Å²) in [7, 11) is 0. The minimum atomic E-state index is -1.02. The van der Waals surface area contributed by atoms with Gasteiger partial charge in [-0.25, -0.2) is 4.79 Å². The third-order valence-corrected chi connectivity index (χ3v) is 3.71. The van der Waals surface area contributed by atoms with Gasteiger partial charge in [-0.15, -0.1) is 0 Å². The van der Waals surface area contributed by atoms with Gasteiger partial charge in [-0.05, 0) is 30.5 Å². The van der Waals surface area contributed by atoms with Gasteiger partial charge in [-0.1, -0.05) is 12.1 Å². The standard InChI is InChI=1S/C15H18N2O4/c16-14(19)12-5-2-6-17(9-12)13(18)8-10-3-1-4-11(7-10)15(20)21/h1,3-4,7,12H,2,5-6,8-9H2,(H2,16,19)(H,20,21). The largest absolute Gasteiger partial charge is 0.478 e. The molecule has 0 spiro atoms. The molecule has 6 heteroatoms. The number of aromatic carboxylic acids is 1. The van der Waals surface area contributed by atoms with Gasteiger partial charge in [0.05, 0.1) is 17.9 Å². The fraction of sp³-hybridized carbons (Fsp3) is 0.400. The van der Waals surface area contributed by atoms with Crippen molar-refractivity contribution in [2.75, 3.05) is 13.1 Å². The van der Waals surface area contributed by atoms with Crippen molar-refractivity contribution in [2.45, 2.75) is 19.3 Å². The molecule has 1 saturated heterocycles. The summed E-state index contributed by atoms with van der Waals surface area (Å²) in [4.78, 5) is 36.0. The molecular weight excluding hydrogens is 272 g/mol. The predicted molar refractivity (Wildman–Crippen MR) is 75.6 cm³/mol. The van der Waals surface area contributed by atoms with Gasteiger partial charge in [0, 0.05) is 13.1 Å². The van der Waals surface area contributed by atoms with Crippen LogP contribution >= 0.6 is 0 Å². The van der Waals surface area contributed by atoms with E-state index in [1.165, 1.54) is 12.1 Å². The maximum absolute atomic E-state index is 12.2. The van der Waals surface area contributed by atoms with Gasteiger partial charge in [-0.3, -0.25) is 9.59 Å². The number of primary amides is 1. The molecule has 1 aliphatic heterocycles. The first-order valence-electron chi connectivity index (χ1n) is 6.86. The van der Waals surface area contributed by atoms with Crippen LogP contribution in [-0.4, -0.2) is 40.9 Å². The fourth-order valence-corrected chi connectivity index (χ4v) is 2.54. The summed E-state index contributed by atoms with van der Waals surface area (Å²) in [6, 6.07) is 6.32. The minimum absolute atomic E-state index is 0.108. The Labute approximate surface area is 122 Å². The van der Waals surface area contributed by atoms with E-state index in [2.05, 4.69) is 0 Å². The number of amides is 2. The van der Waals surface area contributed by atoms with Crippen molar-refractivity contribution >= 4 is 17.8 Å². The number of piperidine rings is 1. The Morgan fingerprint density at radius 3 is 2.76 bits per heavy atom. The van der Waals surface area contributed by atoms with Crippen LogP contribution < -0.4 is 5.73 Å². The molecule has 21 heavy (non-hydrogen) atoms. The molecule has 0 bridgehead atoms. The van der Waals surface area contributed by atoms with E-state index < -0.39 is 5.97 Å². The topological polar surface area (TPSA) is 101 Å². The number of nitrogens with two attached hydrogens (primary N) is 1. The molecule has 1 unspecified atom stereocenters. The van der Waals surface area contributed by atoms with Gasteiger partial charge in [0.15, 0.2) is 0 Å². The molecule has 2 rings (SSSR count). The highest BCUT2D eigenvalue weighted by molar-refractivity contribution is 5.88. The summed E-state index contributed by atoms with van der Waals surface area (Å²) in [5, 5.41) is 8.94. The van der Waals surface area contributed by atoms with Crippen molar-refractivity contribution in [3.8, 4) is 0 Å². The molecule has 0 radical (unpaired) electrons. The molecule has 1 atom stereocenters. The van der Waals surface area contributed by atoms with E-state index in [1.807, 2.05) is 0 Å². The van der Waals surface area contributed by atoms with Gasteiger partial charge in [0.25, 0.3) is 0 Å². The number of likely N-dealkylation sites (tertiary alicyclic amines) is 1. The van der Waals surface area contributed by atoms with Crippen LogP contribution in [0.1, 0.15) is 28.8 Å². The van der Waals surface area contributed by atoms with E-state index in [-0.39, 0.29) is 29.7 Å². The zero-order valence-electron chi connectivity index (χ0n) is 11.6. The van der Waals surface area contributed by atoms with Crippen LogP contribution in [0.25, 0.3) is 0 Å². The fourth-order valence-electron chi connectivity index (χ4n) is 2.54. The quantitative estimate of drug-likeness (QED) is 0.850. The Balaban J connectivity index is 2.02. The maximum atomic E-state index is 12.2. The van der Waals surface area contributed by atoms with Crippen molar-refractivity contribution < 1.29 is 19.5 Å². The molecule has 112 valence electrons. The van der Waals surface area contributed by atoms with E-state index in [9.17, 15) is 14.4 Å². The van der Waals surface area contributed by atoms with Crippen molar-refractivity contribution in [3.63, 3.8) is 0 Å². The highest BCUT2D eigenvalue weighted by Crippen LogP contribution is 2.17. The summed E-state index contributed by atoms with van der Waals surface area (Å²) < 4.78 is 0. The first-order valence-corrected chi connectivity index (χ1v) is 6.86. The Morgan fingerprint density at radius 2 is 2.10 bits per heavy atom. The van der Waals surface area contributed by atoms with E-state index in [4.69, 9.17) is 10.8 Å². The predicted octanol–water partition coefficient (Wildman–Crippen LogP) is 0.651. The van der Waals surface area contributed by atoms with Gasteiger partial charge in [0.2, 0.25) is 11.8 Å². The number of carboxylic acid groups (broad SMARTS) is 1. The zero-order valence-corrected chi connectivity index (χ0v) is 11.6. The maximum Gasteiger partial charge on any atom is 0.335 e. The van der Waals surface area contributed by atoms with Crippen LogP contribution in [0.2, 0.25) is 0 Å². The number of nitrogens with zero attached hydrogens (tertiary/aromatic N) is 1. The van der Waals surface area contributed by atoms with Crippen molar-refractivity contribution in [3.05, 3.63) is 35.4 Å². The normalized spacial score (nSPS) is 18.3. The lowest BCUT2D eigenvalue weighted by atomic mass is 9.97. The molecule has 0 aromatic heterocycles. The molecule has 1 heterocycles. The second kappa shape index (κ2) is 6.39. The average molecular weight is 290 g/mol. The number of carbonyl (C=O) groups is 3. The molecule has 3 N–H and O–H groups in total. The highest BCUT2D eigenvalue weighted by Gasteiger charge is 2.26. The summed E-state index contributed by atoms with van der Waals surface area (Å²) in [6.45, 7) is 0.966. The molecule has 1 aliphatic rings. The SMILES string of the molecule is NC(=O)C1CCCN(C(=O)Cc2cccc(C(=O)O)c2)C1. The molecule has 1 aromatic carbocycles. The zero-order chi connectivity index (χ0) is 15.4. The number of benzene rings is 1. The second-order valence-electron chi connectivity index (χ2n) is 5.26. The van der Waals surface area contributed by atoms with Gasteiger partial charge in [0.1, 0.15) is 0 Å². The smallest absolute Gasteiger partial charge is 0.335 e. The molecule has 2 amide bonds. The molecule has 6 nitrogen and oxygen atoms in total. The van der Waals surface area contributed by atoms with Gasteiger partial charge < -0.3 is 15.7 Å². The van der Waals surface area contributed by atoms with E-state index >= 15 is 0 Å². The van der Waals surface area contributed by atoms with Gasteiger partial charge in [-0.2, -0.15) is 0 Å². The average Bonchev–Trinajstić information content (AvgIpc) is 2.47. The van der Waals surface area contributed by atoms with Crippen LogP contribution in [-0.2, 0) is 16.0 Å². The third kappa shape index (κ3) is 3.81. The minimum Gasteiger partial charge on any atom is -0.478 e. The summed E-state index contributed by atoms with van der Waals surface area (Å²) in [5.41, 5.74) is 6.11. The van der Waals surface area contributed by atoms with Crippen LogP contribution in [0.5, 0.6) is 0 Å². The van der Waals surface area contributed by atoms with E-state index in [1.54, 1.807) is 17.0 Å². The summed E-state index contributed by atoms with van der Waals surface area (Å²) in [6.07, 6.45) is 1.61. The number of hydrogen-bond acceptors (Lipinski definition) is 3. The molecule has 0 aliphatic carbocycles. The van der Waals surface area contributed by atoms with Crippen molar-refractivity contribution in [1.29, 1.82) is 0 Å². The number of carboxylic acids is 1. The Bertz CT molecular complexity index is 571. The Kier molecular flexibility index (Phi) is 4.57. The van der Waals surface area contributed by atoms with Crippen LogP contribution in [0, 0.1) is 5.92 Å². The summed E-state index contributed by atoms with van der Waals surface area (Å²) >= 11 is 0. The third-order valence-electron chi connectivity index (χ3n) is 3.71. The summed E-state index contributed by atoms with van der Waals surface area (Å²) in [5.74, 6) is -1.78. The van der Waals surface area contributed by atoms with E-state index in [0.29, 0.717) is 25.1 Å². The van der Waals surface area contributed by atoms with Crippen LogP contribution in [0.3, 0.4) is 0 Å². The molecule has 0 saturated carbocycles. The number of carbonyl (C=O) groups excluding carboxylic acids is 2. The van der Waals surface area contributed by atoms with Crippen molar-refractivity contribution in [1.82, 2.24) is 4.90 Å². The lowest BCUT2D eigenvalue weighted by molar-refractivity contribution is -0.134. The first-order chi connectivity index (χ1) is 9.97. The molecular formula is C15H18N2O4. The van der Waals surface area contributed by atoms with Crippen LogP contribution in [0.15, 0.2) is 24.3 Å². The number of hydrogen-bond donors (Lipinski definition) is 2. The second-order valence-corrected chi connectivity index (χ2v) is 5.26. The molecule has 1 fully saturated rings. The Hall–Kier alpha value is -2.37.